The van der Waals surface area contributed by atoms with Gasteiger partial charge in [0.1, 0.15) is 5.75 Å². The van der Waals surface area contributed by atoms with E-state index >= 15 is 0 Å². The Morgan fingerprint density at radius 1 is 1.17 bits per heavy atom. The molecule has 3 aromatic rings. The van der Waals surface area contributed by atoms with Gasteiger partial charge in [0.15, 0.2) is 0 Å². The van der Waals surface area contributed by atoms with Crippen molar-refractivity contribution in [1.82, 2.24) is 9.97 Å². The van der Waals surface area contributed by atoms with Gasteiger partial charge in [0, 0.05) is 18.3 Å². The molecule has 0 aliphatic rings. The smallest absolute Gasteiger partial charge is 0.279 e. The van der Waals surface area contributed by atoms with Crippen molar-refractivity contribution in [2.24, 2.45) is 0 Å². The number of benzene rings is 1. The molecule has 3 nitrogen and oxygen atoms in total. The second kappa shape index (κ2) is 4.92. The third-order valence-electron chi connectivity index (χ3n) is 2.45. The summed E-state index contributed by atoms with van der Waals surface area (Å²) in [6.07, 6.45) is 3.51. The van der Waals surface area contributed by atoms with Crippen molar-refractivity contribution in [3.63, 3.8) is 0 Å². The van der Waals surface area contributed by atoms with Crippen LogP contribution in [0.5, 0.6) is 10.9 Å². The van der Waals surface area contributed by atoms with E-state index in [1.54, 1.807) is 12.4 Å². The standard InChI is InChI=1S/C13H9ClN2OS/c14-7-9-1-3-10(4-2-9)17-13-16-11-5-6-15-8-12(11)18-13/h1-6,8H,7H2. The number of hydrogen-bond donors (Lipinski definition) is 0. The second-order valence-corrected chi connectivity index (χ2v) is 4.96. The van der Waals surface area contributed by atoms with Gasteiger partial charge in [-0.05, 0) is 23.8 Å². The number of fused-ring (bicyclic) bond motifs is 1. The number of halogens is 1. The Morgan fingerprint density at radius 3 is 2.72 bits per heavy atom. The first-order valence-corrected chi connectivity index (χ1v) is 6.73. The highest BCUT2D eigenvalue weighted by molar-refractivity contribution is 7.20. The lowest BCUT2D eigenvalue weighted by Crippen LogP contribution is -1.83. The van der Waals surface area contributed by atoms with E-state index in [9.17, 15) is 0 Å². The molecule has 0 spiro atoms. The lowest BCUT2D eigenvalue weighted by Gasteiger charge is -2.01. The van der Waals surface area contributed by atoms with Crippen LogP contribution in [0.3, 0.4) is 0 Å². The van der Waals surface area contributed by atoms with Crippen LogP contribution < -0.4 is 4.74 Å². The predicted molar refractivity (Wildman–Crippen MR) is 73.5 cm³/mol. The summed E-state index contributed by atoms with van der Waals surface area (Å²) in [4.78, 5) is 8.44. The molecule has 0 saturated carbocycles. The van der Waals surface area contributed by atoms with Gasteiger partial charge in [0.2, 0.25) is 0 Å². The number of alkyl halides is 1. The summed E-state index contributed by atoms with van der Waals surface area (Å²) in [7, 11) is 0. The molecule has 0 saturated heterocycles. The molecule has 1 aromatic carbocycles. The van der Waals surface area contributed by atoms with Crippen LogP contribution in [0.15, 0.2) is 42.7 Å². The molecule has 2 heterocycles. The molecular formula is C13H9ClN2OS. The molecule has 0 aliphatic carbocycles. The number of aromatic nitrogens is 2. The monoisotopic (exact) mass is 276 g/mol. The van der Waals surface area contributed by atoms with E-state index in [1.807, 2.05) is 30.3 Å². The minimum Gasteiger partial charge on any atom is -0.431 e. The molecule has 3 rings (SSSR count). The van der Waals surface area contributed by atoms with Crippen molar-refractivity contribution in [1.29, 1.82) is 0 Å². The Bertz CT molecular complexity index is 633. The molecule has 0 amide bonds. The van der Waals surface area contributed by atoms with Gasteiger partial charge in [-0.3, -0.25) is 4.98 Å². The largest absolute Gasteiger partial charge is 0.431 e. The summed E-state index contributed by atoms with van der Waals surface area (Å²) in [6, 6.07) is 9.54. The third kappa shape index (κ3) is 2.30. The summed E-state index contributed by atoms with van der Waals surface area (Å²) < 4.78 is 6.72. The second-order valence-electron chi connectivity index (χ2n) is 3.70. The lowest BCUT2D eigenvalue weighted by atomic mass is 10.2. The maximum Gasteiger partial charge on any atom is 0.279 e. The summed E-state index contributed by atoms with van der Waals surface area (Å²) in [5.41, 5.74) is 1.97. The van der Waals surface area contributed by atoms with Crippen molar-refractivity contribution in [2.45, 2.75) is 5.88 Å². The van der Waals surface area contributed by atoms with Gasteiger partial charge < -0.3 is 4.74 Å². The van der Waals surface area contributed by atoms with Gasteiger partial charge in [0.05, 0.1) is 10.2 Å². The van der Waals surface area contributed by atoms with E-state index < -0.39 is 0 Å². The number of nitrogens with zero attached hydrogens (tertiary/aromatic N) is 2. The third-order valence-corrected chi connectivity index (χ3v) is 3.65. The van der Waals surface area contributed by atoms with Gasteiger partial charge in [-0.25, -0.2) is 4.98 Å². The fourth-order valence-corrected chi connectivity index (χ4v) is 2.53. The quantitative estimate of drug-likeness (QED) is 0.672. The first-order chi connectivity index (χ1) is 8.85. The molecule has 90 valence electrons. The van der Waals surface area contributed by atoms with Crippen LogP contribution in [-0.4, -0.2) is 9.97 Å². The molecule has 5 heteroatoms. The van der Waals surface area contributed by atoms with E-state index in [-0.39, 0.29) is 0 Å². The lowest BCUT2D eigenvalue weighted by molar-refractivity contribution is 0.480. The van der Waals surface area contributed by atoms with E-state index in [2.05, 4.69) is 9.97 Å². The minimum absolute atomic E-state index is 0.507. The Balaban J connectivity index is 1.86. The van der Waals surface area contributed by atoms with Gasteiger partial charge in [-0.15, -0.1) is 11.6 Å². The van der Waals surface area contributed by atoms with Gasteiger partial charge in [-0.2, -0.15) is 0 Å². The van der Waals surface area contributed by atoms with Crippen LogP contribution in [0.4, 0.5) is 0 Å². The van der Waals surface area contributed by atoms with E-state index in [0.717, 1.165) is 21.5 Å². The summed E-state index contributed by atoms with van der Waals surface area (Å²) in [5.74, 6) is 1.27. The maximum atomic E-state index is 5.73. The zero-order valence-corrected chi connectivity index (χ0v) is 10.9. The van der Waals surface area contributed by atoms with Crippen LogP contribution in [0.1, 0.15) is 5.56 Å². The van der Waals surface area contributed by atoms with E-state index in [1.165, 1.54) is 11.3 Å². The van der Waals surface area contributed by atoms with Gasteiger partial charge >= 0.3 is 0 Å². The van der Waals surface area contributed by atoms with Crippen LogP contribution in [0.2, 0.25) is 0 Å². The van der Waals surface area contributed by atoms with Crippen molar-refractivity contribution in [2.75, 3.05) is 0 Å². The zero-order chi connectivity index (χ0) is 12.4. The first-order valence-electron chi connectivity index (χ1n) is 5.38. The zero-order valence-electron chi connectivity index (χ0n) is 9.34. The summed E-state index contributed by atoms with van der Waals surface area (Å²) >= 11 is 7.22. The van der Waals surface area contributed by atoms with Crippen LogP contribution in [-0.2, 0) is 5.88 Å². The fourth-order valence-electron chi connectivity index (χ4n) is 1.55. The number of ether oxygens (including phenoxy) is 1. The minimum atomic E-state index is 0.507. The summed E-state index contributed by atoms with van der Waals surface area (Å²) in [5, 5.41) is 0.622. The molecule has 0 radical (unpaired) electrons. The Morgan fingerprint density at radius 2 is 2.00 bits per heavy atom. The predicted octanol–water partition coefficient (Wildman–Crippen LogP) is 4.22. The number of thiazole rings is 1. The molecule has 0 aliphatic heterocycles. The number of hydrogen-bond acceptors (Lipinski definition) is 4. The molecule has 0 atom stereocenters. The normalized spacial score (nSPS) is 10.7. The van der Waals surface area contributed by atoms with Crippen LogP contribution in [0.25, 0.3) is 10.2 Å². The molecule has 0 fully saturated rings. The molecule has 0 unspecified atom stereocenters. The average Bonchev–Trinajstić information content (AvgIpc) is 2.82. The average molecular weight is 277 g/mol. The maximum absolute atomic E-state index is 5.73. The highest BCUT2D eigenvalue weighted by Gasteiger charge is 2.05. The van der Waals surface area contributed by atoms with Crippen LogP contribution >= 0.6 is 22.9 Å². The molecular weight excluding hydrogens is 268 g/mol. The van der Waals surface area contributed by atoms with E-state index in [0.29, 0.717) is 11.1 Å². The van der Waals surface area contributed by atoms with Crippen molar-refractivity contribution in [3.8, 4) is 10.9 Å². The number of pyridine rings is 1. The van der Waals surface area contributed by atoms with Crippen LogP contribution in [0, 0.1) is 0 Å². The SMILES string of the molecule is ClCc1ccc(Oc2nc3ccncc3s2)cc1. The Kier molecular flexibility index (Phi) is 3.13. The Hall–Kier alpha value is -1.65. The van der Waals surface area contributed by atoms with E-state index in [4.69, 9.17) is 16.3 Å². The topological polar surface area (TPSA) is 35.0 Å². The first kappa shape index (κ1) is 11.4. The van der Waals surface area contributed by atoms with Gasteiger partial charge in [-0.1, -0.05) is 23.5 Å². The molecule has 18 heavy (non-hydrogen) atoms. The molecule has 2 aromatic heterocycles. The van der Waals surface area contributed by atoms with Crippen molar-refractivity contribution >= 4 is 33.2 Å². The highest BCUT2D eigenvalue weighted by Crippen LogP contribution is 2.30. The highest BCUT2D eigenvalue weighted by atomic mass is 35.5. The number of rotatable bonds is 3. The summed E-state index contributed by atoms with van der Waals surface area (Å²) in [6.45, 7) is 0. The Labute approximate surface area is 113 Å². The van der Waals surface area contributed by atoms with Crippen molar-refractivity contribution < 1.29 is 4.74 Å². The molecule has 0 bridgehead atoms. The van der Waals surface area contributed by atoms with Gasteiger partial charge in [0.25, 0.3) is 5.19 Å². The fraction of sp³-hybridized carbons (Fsp3) is 0.0769. The van der Waals surface area contributed by atoms with Crippen molar-refractivity contribution in [3.05, 3.63) is 48.3 Å². The molecule has 0 N–H and O–H groups in total.